The summed E-state index contributed by atoms with van der Waals surface area (Å²) in [6, 6.07) is 13.6. The van der Waals surface area contributed by atoms with Gasteiger partial charge in [0, 0.05) is 16.1 Å². The number of methoxy groups -OCH3 is 1. The largest absolute Gasteiger partial charge is 0.497 e. The molecule has 0 fully saturated rings. The van der Waals surface area contributed by atoms with Crippen LogP contribution in [-0.4, -0.2) is 7.11 Å². The van der Waals surface area contributed by atoms with Gasteiger partial charge in [-0.2, -0.15) is 0 Å². The molecule has 0 saturated carbocycles. The maximum absolute atomic E-state index is 5.98. The van der Waals surface area contributed by atoms with Crippen molar-refractivity contribution in [1.29, 1.82) is 0 Å². The van der Waals surface area contributed by atoms with Crippen LogP contribution in [-0.2, 0) is 6.61 Å². The third kappa shape index (κ3) is 3.74. The summed E-state index contributed by atoms with van der Waals surface area (Å²) in [5.74, 6) is 1.64. The summed E-state index contributed by atoms with van der Waals surface area (Å²) >= 11 is 3.45. The summed E-state index contributed by atoms with van der Waals surface area (Å²) < 4.78 is 12.1. The first-order valence-electron chi connectivity index (χ1n) is 6.41. The van der Waals surface area contributed by atoms with Gasteiger partial charge >= 0.3 is 0 Å². The fourth-order valence-electron chi connectivity index (χ4n) is 1.93. The lowest BCUT2D eigenvalue weighted by atomic mass is 10.1. The van der Waals surface area contributed by atoms with Crippen molar-refractivity contribution >= 4 is 15.9 Å². The predicted molar refractivity (Wildman–Crippen MR) is 84.1 cm³/mol. The van der Waals surface area contributed by atoms with E-state index in [-0.39, 0.29) is 6.04 Å². The molecule has 2 aromatic carbocycles. The summed E-state index contributed by atoms with van der Waals surface area (Å²) in [4.78, 5) is 0. The van der Waals surface area contributed by atoms with Gasteiger partial charge in [-0.1, -0.05) is 28.1 Å². The molecule has 2 rings (SSSR count). The molecule has 0 spiro atoms. The SMILES string of the molecule is COc1cccc(COc2ccc(Br)cc2[C@H](C)N)c1. The molecule has 0 aliphatic carbocycles. The minimum Gasteiger partial charge on any atom is -0.497 e. The highest BCUT2D eigenvalue weighted by Crippen LogP contribution is 2.28. The molecular formula is C16H18BrNO2. The number of halogens is 1. The van der Waals surface area contributed by atoms with Gasteiger partial charge in [0.05, 0.1) is 7.11 Å². The number of ether oxygens (including phenoxy) is 2. The van der Waals surface area contributed by atoms with E-state index in [9.17, 15) is 0 Å². The highest BCUT2D eigenvalue weighted by molar-refractivity contribution is 9.10. The molecule has 20 heavy (non-hydrogen) atoms. The maximum atomic E-state index is 5.98. The third-order valence-corrected chi connectivity index (χ3v) is 3.48. The standard InChI is InChI=1S/C16H18BrNO2/c1-11(18)15-9-13(17)6-7-16(15)20-10-12-4-3-5-14(8-12)19-2/h3-9,11H,10,18H2,1-2H3/t11-/m0/s1. The third-order valence-electron chi connectivity index (χ3n) is 2.99. The fraction of sp³-hybridized carbons (Fsp3) is 0.250. The summed E-state index contributed by atoms with van der Waals surface area (Å²) in [7, 11) is 1.66. The zero-order valence-electron chi connectivity index (χ0n) is 11.6. The minimum atomic E-state index is -0.0761. The second-order valence-corrected chi connectivity index (χ2v) is 5.53. The molecule has 0 amide bonds. The van der Waals surface area contributed by atoms with Crippen LogP contribution in [0.1, 0.15) is 24.1 Å². The molecule has 0 aliphatic rings. The lowest BCUT2D eigenvalue weighted by molar-refractivity contribution is 0.300. The highest BCUT2D eigenvalue weighted by atomic mass is 79.9. The van der Waals surface area contributed by atoms with Gasteiger partial charge in [0.2, 0.25) is 0 Å². The lowest BCUT2D eigenvalue weighted by Gasteiger charge is -2.15. The van der Waals surface area contributed by atoms with Crippen molar-refractivity contribution in [1.82, 2.24) is 0 Å². The Labute approximate surface area is 127 Å². The Balaban J connectivity index is 2.14. The number of rotatable bonds is 5. The van der Waals surface area contributed by atoms with Crippen LogP contribution in [0, 0.1) is 0 Å². The summed E-state index contributed by atoms with van der Waals surface area (Å²) in [6.45, 7) is 2.43. The first-order valence-corrected chi connectivity index (χ1v) is 7.20. The van der Waals surface area contributed by atoms with Crippen molar-refractivity contribution in [3.05, 3.63) is 58.1 Å². The molecule has 3 nitrogen and oxygen atoms in total. The predicted octanol–water partition coefficient (Wildman–Crippen LogP) is 4.06. The van der Waals surface area contributed by atoms with Gasteiger partial charge in [0.25, 0.3) is 0 Å². The monoisotopic (exact) mass is 335 g/mol. The van der Waals surface area contributed by atoms with Crippen LogP contribution in [0.15, 0.2) is 46.9 Å². The van der Waals surface area contributed by atoms with Crippen LogP contribution < -0.4 is 15.2 Å². The van der Waals surface area contributed by atoms with E-state index in [1.165, 1.54) is 0 Å². The van der Waals surface area contributed by atoms with Gasteiger partial charge in [-0.25, -0.2) is 0 Å². The van der Waals surface area contributed by atoms with E-state index in [0.29, 0.717) is 6.61 Å². The Morgan fingerprint density at radius 3 is 2.70 bits per heavy atom. The number of nitrogens with two attached hydrogens (primary N) is 1. The average Bonchev–Trinajstić information content (AvgIpc) is 2.46. The molecule has 0 heterocycles. The maximum Gasteiger partial charge on any atom is 0.124 e. The Morgan fingerprint density at radius 2 is 2.00 bits per heavy atom. The van der Waals surface area contributed by atoms with E-state index < -0.39 is 0 Å². The zero-order valence-corrected chi connectivity index (χ0v) is 13.2. The topological polar surface area (TPSA) is 44.5 Å². The molecule has 1 atom stereocenters. The molecule has 0 radical (unpaired) electrons. The van der Waals surface area contributed by atoms with E-state index in [4.69, 9.17) is 15.2 Å². The van der Waals surface area contributed by atoms with E-state index >= 15 is 0 Å². The molecular weight excluding hydrogens is 318 g/mol. The Bertz CT molecular complexity index is 584. The lowest BCUT2D eigenvalue weighted by Crippen LogP contribution is -2.08. The summed E-state index contributed by atoms with van der Waals surface area (Å²) in [5.41, 5.74) is 8.02. The minimum absolute atomic E-state index is 0.0761. The molecule has 106 valence electrons. The molecule has 2 aromatic rings. The van der Waals surface area contributed by atoms with Crippen molar-refractivity contribution < 1.29 is 9.47 Å². The van der Waals surface area contributed by atoms with Gasteiger partial charge in [0.15, 0.2) is 0 Å². The van der Waals surface area contributed by atoms with Gasteiger partial charge in [-0.05, 0) is 42.8 Å². The zero-order chi connectivity index (χ0) is 14.5. The summed E-state index contributed by atoms with van der Waals surface area (Å²) in [5, 5.41) is 0. The van der Waals surface area contributed by atoms with Crippen LogP contribution in [0.25, 0.3) is 0 Å². The van der Waals surface area contributed by atoms with Gasteiger partial charge in [0.1, 0.15) is 18.1 Å². The average molecular weight is 336 g/mol. The molecule has 0 bridgehead atoms. The first kappa shape index (κ1) is 14.9. The van der Waals surface area contributed by atoms with Crippen LogP contribution >= 0.6 is 15.9 Å². The fourth-order valence-corrected chi connectivity index (χ4v) is 2.31. The number of benzene rings is 2. The molecule has 0 unspecified atom stereocenters. The highest BCUT2D eigenvalue weighted by Gasteiger charge is 2.09. The van der Waals surface area contributed by atoms with E-state index in [0.717, 1.165) is 27.1 Å². The van der Waals surface area contributed by atoms with E-state index in [1.807, 2.05) is 49.4 Å². The summed E-state index contributed by atoms with van der Waals surface area (Å²) in [6.07, 6.45) is 0. The molecule has 0 aliphatic heterocycles. The number of hydrogen-bond acceptors (Lipinski definition) is 3. The Morgan fingerprint density at radius 1 is 1.20 bits per heavy atom. The van der Waals surface area contributed by atoms with Gasteiger partial charge in [-0.15, -0.1) is 0 Å². The normalized spacial score (nSPS) is 12.0. The van der Waals surface area contributed by atoms with Gasteiger partial charge < -0.3 is 15.2 Å². The van der Waals surface area contributed by atoms with Crippen LogP contribution in [0.4, 0.5) is 0 Å². The van der Waals surface area contributed by atoms with Crippen LogP contribution in [0.2, 0.25) is 0 Å². The molecule has 0 aromatic heterocycles. The van der Waals surface area contributed by atoms with E-state index in [2.05, 4.69) is 15.9 Å². The molecule has 4 heteroatoms. The van der Waals surface area contributed by atoms with Crippen molar-refractivity contribution in [3.8, 4) is 11.5 Å². The molecule has 0 saturated heterocycles. The Hall–Kier alpha value is -1.52. The molecule has 2 N–H and O–H groups in total. The van der Waals surface area contributed by atoms with Crippen molar-refractivity contribution in [2.75, 3.05) is 7.11 Å². The van der Waals surface area contributed by atoms with Gasteiger partial charge in [-0.3, -0.25) is 0 Å². The number of hydrogen-bond donors (Lipinski definition) is 1. The second-order valence-electron chi connectivity index (χ2n) is 4.61. The van der Waals surface area contributed by atoms with Crippen molar-refractivity contribution in [2.24, 2.45) is 5.73 Å². The Kier molecular flexibility index (Phi) is 5.04. The van der Waals surface area contributed by atoms with E-state index in [1.54, 1.807) is 7.11 Å². The van der Waals surface area contributed by atoms with Crippen LogP contribution in [0.5, 0.6) is 11.5 Å². The van der Waals surface area contributed by atoms with Crippen LogP contribution in [0.3, 0.4) is 0 Å². The van der Waals surface area contributed by atoms with Crippen molar-refractivity contribution in [2.45, 2.75) is 19.6 Å². The first-order chi connectivity index (χ1) is 9.60. The van der Waals surface area contributed by atoms with Crippen molar-refractivity contribution in [3.63, 3.8) is 0 Å². The quantitative estimate of drug-likeness (QED) is 0.896. The second kappa shape index (κ2) is 6.77. The smallest absolute Gasteiger partial charge is 0.124 e.